The van der Waals surface area contributed by atoms with Gasteiger partial charge in [-0.05, 0) is 35.6 Å². The maximum Gasteiger partial charge on any atom is 0.313 e. The van der Waals surface area contributed by atoms with Crippen molar-refractivity contribution in [1.82, 2.24) is 5.32 Å². The van der Waals surface area contributed by atoms with Gasteiger partial charge in [0.15, 0.2) is 0 Å². The van der Waals surface area contributed by atoms with Crippen LogP contribution in [0.1, 0.15) is 42.6 Å². The van der Waals surface area contributed by atoms with Crippen LogP contribution < -0.4 is 10.6 Å². The highest BCUT2D eigenvalue weighted by molar-refractivity contribution is 6.39. The van der Waals surface area contributed by atoms with Crippen LogP contribution in [0.4, 0.5) is 5.69 Å². The molecule has 0 unspecified atom stereocenters. The van der Waals surface area contributed by atoms with E-state index in [-0.39, 0.29) is 12.5 Å². The third kappa shape index (κ3) is 4.90. The number of anilines is 1. The minimum Gasteiger partial charge on any atom is -0.387 e. The molecule has 5 heteroatoms. The molecule has 2 aromatic rings. The van der Waals surface area contributed by atoms with Gasteiger partial charge in [0, 0.05) is 12.2 Å². The second-order valence-electron chi connectivity index (χ2n) is 6.28. The Morgan fingerprint density at radius 1 is 0.960 bits per heavy atom. The number of hydrogen-bond donors (Lipinski definition) is 3. The summed E-state index contributed by atoms with van der Waals surface area (Å²) in [4.78, 5) is 24.1. The van der Waals surface area contributed by atoms with Gasteiger partial charge in [0.1, 0.15) is 0 Å². The van der Waals surface area contributed by atoms with Crippen LogP contribution >= 0.6 is 0 Å². The summed E-state index contributed by atoms with van der Waals surface area (Å²) < 4.78 is 0. The van der Waals surface area contributed by atoms with Crippen molar-refractivity contribution in [2.45, 2.75) is 32.8 Å². The van der Waals surface area contributed by atoms with Crippen LogP contribution in [0.15, 0.2) is 48.5 Å². The fourth-order valence-corrected chi connectivity index (χ4v) is 2.63. The number of aryl methyl sites for hydroxylation is 1. The summed E-state index contributed by atoms with van der Waals surface area (Å²) in [5, 5.41) is 15.3. The van der Waals surface area contributed by atoms with Crippen molar-refractivity contribution in [3.63, 3.8) is 0 Å². The van der Waals surface area contributed by atoms with Crippen molar-refractivity contribution in [2.75, 3.05) is 11.9 Å². The molecular weight excluding hydrogens is 316 g/mol. The van der Waals surface area contributed by atoms with Crippen LogP contribution in [-0.2, 0) is 9.59 Å². The average Bonchev–Trinajstić information content (AvgIpc) is 2.60. The summed E-state index contributed by atoms with van der Waals surface area (Å²) in [6.07, 6.45) is -0.860. The topological polar surface area (TPSA) is 78.4 Å². The van der Waals surface area contributed by atoms with Crippen molar-refractivity contribution in [2.24, 2.45) is 0 Å². The lowest BCUT2D eigenvalue weighted by atomic mass is 10.0. The Hall–Kier alpha value is -2.66. The highest BCUT2D eigenvalue weighted by Crippen LogP contribution is 2.23. The maximum absolute atomic E-state index is 12.1. The molecule has 5 nitrogen and oxygen atoms in total. The standard InChI is InChI=1S/C20H24N2O3/c1-13(2)15-9-6-7-11-17(15)22-20(25)19(24)21-12-18(23)16-10-5-4-8-14(16)3/h4-11,13,18,23H,12H2,1-3H3,(H,21,24)(H,22,25)/t18-/m0/s1. The van der Waals surface area contributed by atoms with Crippen molar-refractivity contribution >= 4 is 17.5 Å². The molecule has 1 atom stereocenters. The lowest BCUT2D eigenvalue weighted by Gasteiger charge is -2.15. The molecule has 0 bridgehead atoms. The number of carbonyl (C=O) groups excluding carboxylic acids is 2. The van der Waals surface area contributed by atoms with Crippen molar-refractivity contribution < 1.29 is 14.7 Å². The summed E-state index contributed by atoms with van der Waals surface area (Å²) in [6.45, 7) is 5.89. The van der Waals surface area contributed by atoms with Crippen LogP contribution in [0.25, 0.3) is 0 Å². The van der Waals surface area contributed by atoms with Gasteiger partial charge < -0.3 is 15.7 Å². The first-order valence-corrected chi connectivity index (χ1v) is 8.32. The minimum atomic E-state index is -0.860. The third-order valence-electron chi connectivity index (χ3n) is 4.04. The first-order valence-electron chi connectivity index (χ1n) is 8.32. The summed E-state index contributed by atoms with van der Waals surface area (Å²) >= 11 is 0. The highest BCUT2D eigenvalue weighted by atomic mass is 16.3. The van der Waals surface area contributed by atoms with E-state index in [4.69, 9.17) is 0 Å². The minimum absolute atomic E-state index is 0.0249. The summed E-state index contributed by atoms with van der Waals surface area (Å²) in [7, 11) is 0. The second kappa shape index (κ2) is 8.44. The molecule has 3 N–H and O–H groups in total. The fourth-order valence-electron chi connectivity index (χ4n) is 2.63. The highest BCUT2D eigenvalue weighted by Gasteiger charge is 2.18. The average molecular weight is 340 g/mol. The van der Waals surface area contributed by atoms with E-state index in [9.17, 15) is 14.7 Å². The van der Waals surface area contributed by atoms with Crippen molar-refractivity contribution in [3.8, 4) is 0 Å². The quantitative estimate of drug-likeness (QED) is 0.732. The zero-order chi connectivity index (χ0) is 18.4. The molecule has 2 aromatic carbocycles. The first kappa shape index (κ1) is 18.7. The molecule has 0 heterocycles. The second-order valence-corrected chi connectivity index (χ2v) is 6.28. The molecule has 0 fully saturated rings. The van der Waals surface area contributed by atoms with Crippen LogP contribution in [0.5, 0.6) is 0 Å². The third-order valence-corrected chi connectivity index (χ3v) is 4.04. The lowest BCUT2D eigenvalue weighted by Crippen LogP contribution is -2.37. The molecule has 0 aliphatic rings. The molecule has 132 valence electrons. The molecule has 25 heavy (non-hydrogen) atoms. The molecule has 2 rings (SSSR count). The lowest BCUT2D eigenvalue weighted by molar-refractivity contribution is -0.136. The number of rotatable bonds is 5. The number of nitrogens with one attached hydrogen (secondary N) is 2. The van der Waals surface area contributed by atoms with Gasteiger partial charge in [0.2, 0.25) is 0 Å². The number of para-hydroxylation sites is 1. The molecular formula is C20H24N2O3. The molecule has 0 saturated heterocycles. The van der Waals surface area contributed by atoms with Crippen LogP contribution in [0.2, 0.25) is 0 Å². The number of aliphatic hydroxyl groups is 1. The van der Waals surface area contributed by atoms with E-state index in [1.807, 2.05) is 51.1 Å². The Labute approximate surface area is 148 Å². The molecule has 0 aliphatic carbocycles. The number of hydrogen-bond acceptors (Lipinski definition) is 3. The normalized spacial score (nSPS) is 11.9. The number of amides is 2. The summed E-state index contributed by atoms with van der Waals surface area (Å²) in [6, 6.07) is 14.8. The van der Waals surface area contributed by atoms with E-state index in [1.165, 1.54) is 0 Å². The number of benzene rings is 2. The Morgan fingerprint density at radius 2 is 1.56 bits per heavy atom. The van der Waals surface area contributed by atoms with Gasteiger partial charge in [0.05, 0.1) is 6.10 Å². The smallest absolute Gasteiger partial charge is 0.313 e. The molecule has 0 spiro atoms. The monoisotopic (exact) mass is 340 g/mol. The molecule has 2 amide bonds. The Bertz CT molecular complexity index is 756. The predicted molar refractivity (Wildman–Crippen MR) is 98.3 cm³/mol. The van der Waals surface area contributed by atoms with Gasteiger partial charge >= 0.3 is 11.8 Å². The predicted octanol–water partition coefficient (Wildman–Crippen LogP) is 2.91. The fraction of sp³-hybridized carbons (Fsp3) is 0.300. The van der Waals surface area contributed by atoms with Crippen molar-refractivity contribution in [1.29, 1.82) is 0 Å². The number of aliphatic hydroxyl groups excluding tert-OH is 1. The Morgan fingerprint density at radius 3 is 2.20 bits per heavy atom. The largest absolute Gasteiger partial charge is 0.387 e. The van der Waals surface area contributed by atoms with E-state index >= 15 is 0 Å². The number of carbonyl (C=O) groups is 2. The van der Waals surface area contributed by atoms with Crippen molar-refractivity contribution in [3.05, 3.63) is 65.2 Å². The van der Waals surface area contributed by atoms with Crippen LogP contribution in [0, 0.1) is 6.92 Å². The van der Waals surface area contributed by atoms with Gasteiger partial charge in [-0.15, -0.1) is 0 Å². The summed E-state index contributed by atoms with van der Waals surface area (Å²) in [5.41, 5.74) is 3.24. The Balaban J connectivity index is 1.95. The van der Waals surface area contributed by atoms with Gasteiger partial charge in [-0.2, -0.15) is 0 Å². The van der Waals surface area contributed by atoms with Gasteiger partial charge in [-0.3, -0.25) is 9.59 Å². The van der Waals surface area contributed by atoms with Gasteiger partial charge in [-0.25, -0.2) is 0 Å². The zero-order valence-electron chi connectivity index (χ0n) is 14.7. The van der Waals surface area contributed by atoms with E-state index < -0.39 is 17.9 Å². The van der Waals surface area contributed by atoms with E-state index in [0.29, 0.717) is 5.69 Å². The van der Waals surface area contributed by atoms with Gasteiger partial charge in [0.25, 0.3) is 0 Å². The van der Waals surface area contributed by atoms with Gasteiger partial charge in [-0.1, -0.05) is 56.3 Å². The van der Waals surface area contributed by atoms with E-state index in [1.54, 1.807) is 18.2 Å². The molecule has 0 aromatic heterocycles. The van der Waals surface area contributed by atoms with E-state index in [2.05, 4.69) is 10.6 Å². The SMILES string of the molecule is Cc1ccccc1[C@@H](O)CNC(=O)C(=O)Nc1ccccc1C(C)C. The zero-order valence-corrected chi connectivity index (χ0v) is 14.7. The summed E-state index contributed by atoms with van der Waals surface area (Å²) in [5.74, 6) is -1.29. The maximum atomic E-state index is 12.1. The Kier molecular flexibility index (Phi) is 6.31. The van der Waals surface area contributed by atoms with Crippen LogP contribution in [0.3, 0.4) is 0 Å². The van der Waals surface area contributed by atoms with Crippen LogP contribution in [-0.4, -0.2) is 23.5 Å². The van der Waals surface area contributed by atoms with E-state index in [0.717, 1.165) is 16.7 Å². The molecule has 0 radical (unpaired) electrons. The molecule has 0 aliphatic heterocycles. The molecule has 0 saturated carbocycles. The first-order chi connectivity index (χ1) is 11.9.